The molecule has 14 heavy (non-hydrogen) atoms. The van der Waals surface area contributed by atoms with Crippen LogP contribution < -0.4 is 5.73 Å². The van der Waals surface area contributed by atoms with Crippen LogP contribution in [0.2, 0.25) is 5.15 Å². The van der Waals surface area contributed by atoms with Crippen molar-refractivity contribution in [3.63, 3.8) is 0 Å². The Balaban J connectivity index is 2.99. The number of carboxylic acids is 1. The molecule has 1 aromatic rings. The summed E-state index contributed by atoms with van der Waals surface area (Å²) in [4.78, 5) is 10.5. The van der Waals surface area contributed by atoms with Gasteiger partial charge in [0.1, 0.15) is 5.15 Å². The third kappa shape index (κ3) is 2.05. The number of aliphatic carboxylic acids is 1. The van der Waals surface area contributed by atoms with E-state index in [2.05, 4.69) is 5.10 Å². The predicted octanol–water partition coefficient (Wildman–Crippen LogP) is 0.856. The SMILES string of the molecule is Cc1nn(C)c(Cl)c1C(N)CC(=O)O. The molecule has 6 heteroatoms. The van der Waals surface area contributed by atoms with Gasteiger partial charge in [-0.2, -0.15) is 5.10 Å². The Morgan fingerprint density at radius 2 is 2.36 bits per heavy atom. The molecule has 0 radical (unpaired) electrons. The summed E-state index contributed by atoms with van der Waals surface area (Å²) in [6.07, 6.45) is -0.147. The summed E-state index contributed by atoms with van der Waals surface area (Å²) >= 11 is 5.92. The van der Waals surface area contributed by atoms with Gasteiger partial charge >= 0.3 is 5.97 Å². The van der Waals surface area contributed by atoms with E-state index in [9.17, 15) is 4.79 Å². The lowest BCUT2D eigenvalue weighted by Crippen LogP contribution is -2.15. The van der Waals surface area contributed by atoms with Crippen LogP contribution in [0, 0.1) is 6.92 Å². The van der Waals surface area contributed by atoms with Crippen LogP contribution in [0.25, 0.3) is 0 Å². The van der Waals surface area contributed by atoms with Gasteiger partial charge in [0.25, 0.3) is 0 Å². The lowest BCUT2D eigenvalue weighted by molar-refractivity contribution is -0.137. The molecule has 0 aliphatic heterocycles. The lowest BCUT2D eigenvalue weighted by atomic mass is 10.1. The minimum Gasteiger partial charge on any atom is -0.481 e. The molecule has 0 bridgehead atoms. The fourth-order valence-corrected chi connectivity index (χ4v) is 1.67. The first-order chi connectivity index (χ1) is 6.43. The predicted molar refractivity (Wildman–Crippen MR) is 52.1 cm³/mol. The molecule has 78 valence electrons. The van der Waals surface area contributed by atoms with Gasteiger partial charge in [-0.05, 0) is 6.92 Å². The van der Waals surface area contributed by atoms with Crippen LogP contribution in [0.1, 0.15) is 23.7 Å². The molecule has 0 aromatic carbocycles. The Hall–Kier alpha value is -1.07. The zero-order chi connectivity index (χ0) is 10.9. The largest absolute Gasteiger partial charge is 0.481 e. The molecule has 0 spiro atoms. The highest BCUT2D eigenvalue weighted by Gasteiger charge is 2.20. The maximum absolute atomic E-state index is 10.5. The van der Waals surface area contributed by atoms with Gasteiger partial charge in [-0.15, -0.1) is 0 Å². The summed E-state index contributed by atoms with van der Waals surface area (Å²) in [6, 6.07) is -0.603. The van der Waals surface area contributed by atoms with E-state index in [1.807, 2.05) is 0 Å². The van der Waals surface area contributed by atoms with E-state index in [1.165, 1.54) is 4.68 Å². The normalized spacial score (nSPS) is 12.9. The van der Waals surface area contributed by atoms with Gasteiger partial charge in [0.05, 0.1) is 12.1 Å². The molecular weight excluding hydrogens is 206 g/mol. The highest BCUT2D eigenvalue weighted by Crippen LogP contribution is 2.26. The highest BCUT2D eigenvalue weighted by atomic mass is 35.5. The molecule has 0 aliphatic rings. The monoisotopic (exact) mass is 217 g/mol. The first kappa shape index (κ1) is 11.0. The number of halogens is 1. The number of aromatic nitrogens is 2. The number of nitrogens with two attached hydrogens (primary N) is 1. The maximum atomic E-state index is 10.5. The molecule has 3 N–H and O–H groups in total. The van der Waals surface area contributed by atoms with Crippen molar-refractivity contribution in [2.75, 3.05) is 0 Å². The second-order valence-electron chi connectivity index (χ2n) is 3.12. The number of carboxylic acid groups (broad SMARTS) is 1. The van der Waals surface area contributed by atoms with Crippen LogP contribution in [-0.2, 0) is 11.8 Å². The van der Waals surface area contributed by atoms with Crippen molar-refractivity contribution in [3.05, 3.63) is 16.4 Å². The van der Waals surface area contributed by atoms with Gasteiger partial charge in [0.15, 0.2) is 0 Å². The van der Waals surface area contributed by atoms with Crippen molar-refractivity contribution < 1.29 is 9.90 Å². The van der Waals surface area contributed by atoms with Crippen LogP contribution in [0.3, 0.4) is 0 Å². The van der Waals surface area contributed by atoms with E-state index in [0.29, 0.717) is 16.4 Å². The quantitative estimate of drug-likeness (QED) is 0.787. The Kier molecular flexibility index (Phi) is 3.13. The fraction of sp³-hybridized carbons (Fsp3) is 0.500. The summed E-state index contributed by atoms with van der Waals surface area (Å²) in [5.41, 5.74) is 6.97. The summed E-state index contributed by atoms with van der Waals surface area (Å²) in [7, 11) is 1.69. The summed E-state index contributed by atoms with van der Waals surface area (Å²) in [5, 5.41) is 13.0. The number of aryl methyl sites for hydroxylation is 2. The third-order valence-corrected chi connectivity index (χ3v) is 2.41. The summed E-state index contributed by atoms with van der Waals surface area (Å²) in [6.45, 7) is 1.75. The van der Waals surface area contributed by atoms with Gasteiger partial charge in [-0.1, -0.05) is 11.6 Å². The molecule has 1 heterocycles. The number of rotatable bonds is 3. The molecule has 1 aromatic heterocycles. The average Bonchev–Trinajstić information content (AvgIpc) is 2.25. The summed E-state index contributed by atoms with van der Waals surface area (Å²) < 4.78 is 1.48. The standard InChI is InChI=1S/C8H12ClN3O2/c1-4-7(5(10)3-6(13)14)8(9)12(2)11-4/h5H,3,10H2,1-2H3,(H,13,14). The maximum Gasteiger partial charge on any atom is 0.305 e. The van der Waals surface area contributed by atoms with Gasteiger partial charge in [-0.3, -0.25) is 9.48 Å². The van der Waals surface area contributed by atoms with Crippen LogP contribution in [0.5, 0.6) is 0 Å². The Labute approximate surface area is 86.5 Å². The molecule has 5 nitrogen and oxygen atoms in total. The number of nitrogens with zero attached hydrogens (tertiary/aromatic N) is 2. The smallest absolute Gasteiger partial charge is 0.305 e. The van der Waals surface area contributed by atoms with Crippen molar-refractivity contribution in [3.8, 4) is 0 Å². The van der Waals surface area contributed by atoms with Crippen LogP contribution in [0.15, 0.2) is 0 Å². The van der Waals surface area contributed by atoms with Gasteiger partial charge < -0.3 is 10.8 Å². The highest BCUT2D eigenvalue weighted by molar-refractivity contribution is 6.30. The van der Waals surface area contributed by atoms with Crippen molar-refractivity contribution in [1.82, 2.24) is 9.78 Å². The van der Waals surface area contributed by atoms with E-state index in [1.54, 1.807) is 14.0 Å². The van der Waals surface area contributed by atoms with Crippen molar-refractivity contribution in [1.29, 1.82) is 0 Å². The lowest BCUT2D eigenvalue weighted by Gasteiger charge is -2.08. The first-order valence-electron chi connectivity index (χ1n) is 4.09. The number of hydrogen-bond acceptors (Lipinski definition) is 3. The minimum atomic E-state index is -0.947. The Morgan fingerprint density at radius 1 is 1.79 bits per heavy atom. The first-order valence-corrected chi connectivity index (χ1v) is 4.47. The zero-order valence-electron chi connectivity index (χ0n) is 7.99. The van der Waals surface area contributed by atoms with Crippen LogP contribution in [-0.4, -0.2) is 20.9 Å². The van der Waals surface area contributed by atoms with E-state index >= 15 is 0 Å². The van der Waals surface area contributed by atoms with Crippen molar-refractivity contribution in [2.45, 2.75) is 19.4 Å². The van der Waals surface area contributed by atoms with Gasteiger partial charge in [0.2, 0.25) is 0 Å². The minimum absolute atomic E-state index is 0.147. The van der Waals surface area contributed by atoms with E-state index in [-0.39, 0.29) is 6.42 Å². The molecule has 0 amide bonds. The Bertz CT molecular complexity index is 362. The van der Waals surface area contributed by atoms with E-state index in [4.69, 9.17) is 22.4 Å². The van der Waals surface area contributed by atoms with Crippen molar-refractivity contribution >= 4 is 17.6 Å². The van der Waals surface area contributed by atoms with Gasteiger partial charge in [-0.25, -0.2) is 0 Å². The summed E-state index contributed by atoms with van der Waals surface area (Å²) in [5.74, 6) is -0.947. The second-order valence-corrected chi connectivity index (χ2v) is 3.48. The number of carbonyl (C=O) groups is 1. The van der Waals surface area contributed by atoms with Gasteiger partial charge in [0, 0.05) is 18.7 Å². The van der Waals surface area contributed by atoms with E-state index in [0.717, 1.165) is 0 Å². The molecule has 0 aliphatic carbocycles. The molecule has 0 fully saturated rings. The van der Waals surface area contributed by atoms with Crippen molar-refractivity contribution in [2.24, 2.45) is 12.8 Å². The molecule has 1 unspecified atom stereocenters. The molecule has 0 saturated carbocycles. The third-order valence-electron chi connectivity index (χ3n) is 1.96. The molecule has 1 atom stereocenters. The fourth-order valence-electron chi connectivity index (χ4n) is 1.36. The molecular formula is C8H12ClN3O2. The molecule has 1 rings (SSSR count). The topological polar surface area (TPSA) is 81.1 Å². The second kappa shape index (κ2) is 3.98. The average molecular weight is 218 g/mol. The number of hydrogen-bond donors (Lipinski definition) is 2. The van der Waals surface area contributed by atoms with E-state index < -0.39 is 12.0 Å². The molecule has 0 saturated heterocycles. The zero-order valence-corrected chi connectivity index (χ0v) is 8.75. The Morgan fingerprint density at radius 3 is 2.71 bits per heavy atom. The van der Waals surface area contributed by atoms with Crippen LogP contribution >= 0.6 is 11.6 Å². The van der Waals surface area contributed by atoms with Crippen LogP contribution in [0.4, 0.5) is 0 Å².